The van der Waals surface area contributed by atoms with Crippen molar-refractivity contribution < 1.29 is 22.7 Å². The Morgan fingerprint density at radius 2 is 2.20 bits per heavy atom. The van der Waals surface area contributed by atoms with Crippen LogP contribution in [0.3, 0.4) is 0 Å². The number of Topliss-reactive ketones (excluding diaryl/α,β-unsaturated/α-hetero) is 1. The van der Waals surface area contributed by atoms with Gasteiger partial charge in [0.15, 0.2) is 0 Å². The quantitative estimate of drug-likeness (QED) is 0.731. The fourth-order valence-electron chi connectivity index (χ4n) is 0.968. The van der Waals surface area contributed by atoms with Gasteiger partial charge in [-0.05, 0) is 19.1 Å². The van der Waals surface area contributed by atoms with Crippen LogP contribution in [0.2, 0.25) is 0 Å². The molecule has 1 aromatic rings. The summed E-state index contributed by atoms with van der Waals surface area (Å²) < 4.78 is 41.2. The molecule has 0 atom stereocenters. The minimum Gasteiger partial charge on any atom is -0.477 e. The fourth-order valence-corrected chi connectivity index (χ4v) is 0.968. The van der Waals surface area contributed by atoms with E-state index in [2.05, 4.69) is 4.98 Å². The monoisotopic (exact) mass is 219 g/mol. The van der Waals surface area contributed by atoms with Crippen molar-refractivity contribution in [3.05, 3.63) is 23.9 Å². The smallest absolute Gasteiger partial charge is 0.455 e. The average Bonchev–Trinajstić information content (AvgIpc) is 2.17. The number of pyridine rings is 1. The molecular weight excluding hydrogens is 211 g/mol. The summed E-state index contributed by atoms with van der Waals surface area (Å²) >= 11 is 0. The first-order chi connectivity index (χ1) is 6.96. The molecule has 6 heteroatoms. The highest BCUT2D eigenvalue weighted by Gasteiger charge is 2.41. The van der Waals surface area contributed by atoms with Gasteiger partial charge in [0.1, 0.15) is 0 Å². The molecule has 1 heterocycles. The summed E-state index contributed by atoms with van der Waals surface area (Å²) in [6.07, 6.45) is -3.65. The van der Waals surface area contributed by atoms with Gasteiger partial charge >= 0.3 is 6.18 Å². The molecule has 0 aromatic carbocycles. The van der Waals surface area contributed by atoms with E-state index in [1.54, 1.807) is 6.92 Å². The zero-order valence-corrected chi connectivity index (χ0v) is 7.84. The zero-order chi connectivity index (χ0) is 11.5. The summed E-state index contributed by atoms with van der Waals surface area (Å²) in [5, 5.41) is 0. The number of carbonyl (C=O) groups excluding carboxylic acids is 1. The standard InChI is InChI=1S/C9H8F3NO2/c1-2-15-8-6(4-3-5-13-8)7(14)9(10,11)12/h3-5H,2H2,1H3. The Hall–Kier alpha value is -1.59. The highest BCUT2D eigenvalue weighted by Crippen LogP contribution is 2.25. The Morgan fingerprint density at radius 3 is 2.73 bits per heavy atom. The average molecular weight is 219 g/mol. The third kappa shape index (κ3) is 2.68. The summed E-state index contributed by atoms with van der Waals surface area (Å²) in [6, 6.07) is 2.29. The lowest BCUT2D eigenvalue weighted by molar-refractivity contribution is -0.0887. The number of nitrogens with zero attached hydrogens (tertiary/aromatic N) is 1. The number of hydrogen-bond donors (Lipinski definition) is 0. The fraction of sp³-hybridized carbons (Fsp3) is 0.333. The van der Waals surface area contributed by atoms with Crippen molar-refractivity contribution in [1.29, 1.82) is 0 Å². The number of halogens is 3. The summed E-state index contributed by atoms with van der Waals surface area (Å²) in [4.78, 5) is 14.5. The van der Waals surface area contributed by atoms with E-state index in [1.807, 2.05) is 0 Å². The largest absolute Gasteiger partial charge is 0.477 e. The predicted molar refractivity (Wildman–Crippen MR) is 45.8 cm³/mol. The summed E-state index contributed by atoms with van der Waals surface area (Å²) in [5.41, 5.74) is -0.563. The van der Waals surface area contributed by atoms with Crippen molar-refractivity contribution in [1.82, 2.24) is 4.98 Å². The maximum absolute atomic E-state index is 12.1. The number of rotatable bonds is 3. The Kier molecular flexibility index (Phi) is 3.28. The van der Waals surface area contributed by atoms with Crippen LogP contribution < -0.4 is 4.74 Å². The number of aromatic nitrogens is 1. The van der Waals surface area contributed by atoms with Crippen LogP contribution in [-0.2, 0) is 0 Å². The first-order valence-corrected chi connectivity index (χ1v) is 4.16. The molecule has 0 radical (unpaired) electrons. The molecule has 0 amide bonds. The van der Waals surface area contributed by atoms with E-state index in [1.165, 1.54) is 12.3 Å². The van der Waals surface area contributed by atoms with Crippen LogP contribution in [0.1, 0.15) is 17.3 Å². The first kappa shape index (κ1) is 11.5. The van der Waals surface area contributed by atoms with E-state index in [0.717, 1.165) is 6.07 Å². The molecule has 82 valence electrons. The summed E-state index contributed by atoms with van der Waals surface area (Å²) in [7, 11) is 0. The summed E-state index contributed by atoms with van der Waals surface area (Å²) in [5.74, 6) is -2.23. The molecule has 0 fully saturated rings. The van der Waals surface area contributed by atoms with Gasteiger partial charge in [0.05, 0.1) is 12.2 Å². The molecule has 0 saturated carbocycles. The van der Waals surface area contributed by atoms with Gasteiger partial charge in [0.2, 0.25) is 5.88 Å². The molecule has 0 saturated heterocycles. The van der Waals surface area contributed by atoms with Crippen molar-refractivity contribution in [2.45, 2.75) is 13.1 Å². The third-order valence-electron chi connectivity index (χ3n) is 1.55. The Balaban J connectivity index is 3.08. The van der Waals surface area contributed by atoms with Crippen molar-refractivity contribution in [2.24, 2.45) is 0 Å². The molecule has 0 spiro atoms. The molecule has 0 unspecified atom stereocenters. The van der Waals surface area contributed by atoms with E-state index in [-0.39, 0.29) is 12.5 Å². The van der Waals surface area contributed by atoms with Crippen LogP contribution in [0.4, 0.5) is 13.2 Å². The van der Waals surface area contributed by atoms with Crippen molar-refractivity contribution in [3.8, 4) is 5.88 Å². The van der Waals surface area contributed by atoms with Crippen molar-refractivity contribution in [3.63, 3.8) is 0 Å². The van der Waals surface area contributed by atoms with Gasteiger partial charge in [-0.15, -0.1) is 0 Å². The van der Waals surface area contributed by atoms with Crippen LogP contribution in [-0.4, -0.2) is 23.6 Å². The zero-order valence-electron chi connectivity index (χ0n) is 7.84. The highest BCUT2D eigenvalue weighted by atomic mass is 19.4. The normalized spacial score (nSPS) is 11.2. The lowest BCUT2D eigenvalue weighted by Gasteiger charge is -2.09. The maximum atomic E-state index is 12.1. The van der Waals surface area contributed by atoms with Crippen molar-refractivity contribution in [2.75, 3.05) is 6.61 Å². The Labute approximate surface area is 83.9 Å². The van der Waals surface area contributed by atoms with Gasteiger partial charge in [-0.2, -0.15) is 13.2 Å². The molecule has 0 N–H and O–H groups in total. The molecule has 0 aliphatic carbocycles. The van der Waals surface area contributed by atoms with Gasteiger partial charge in [0.25, 0.3) is 5.78 Å². The van der Waals surface area contributed by atoms with Gasteiger partial charge in [-0.3, -0.25) is 4.79 Å². The Morgan fingerprint density at radius 1 is 1.53 bits per heavy atom. The topological polar surface area (TPSA) is 39.2 Å². The molecular formula is C9H8F3NO2. The lowest BCUT2D eigenvalue weighted by Crippen LogP contribution is -2.23. The van der Waals surface area contributed by atoms with E-state index in [0.29, 0.717) is 0 Å². The van der Waals surface area contributed by atoms with E-state index in [9.17, 15) is 18.0 Å². The van der Waals surface area contributed by atoms with Gasteiger partial charge in [-0.25, -0.2) is 4.98 Å². The van der Waals surface area contributed by atoms with Crippen LogP contribution >= 0.6 is 0 Å². The van der Waals surface area contributed by atoms with Gasteiger partial charge < -0.3 is 4.74 Å². The van der Waals surface area contributed by atoms with E-state index in [4.69, 9.17) is 4.74 Å². The minimum absolute atomic E-state index is 0.148. The molecule has 1 aromatic heterocycles. The van der Waals surface area contributed by atoms with Crippen LogP contribution in [0.25, 0.3) is 0 Å². The molecule has 3 nitrogen and oxygen atoms in total. The maximum Gasteiger partial charge on any atom is 0.455 e. The molecule has 1 rings (SSSR count). The highest BCUT2D eigenvalue weighted by molar-refractivity contribution is 6.02. The number of alkyl halides is 3. The van der Waals surface area contributed by atoms with E-state index >= 15 is 0 Å². The van der Waals surface area contributed by atoms with Crippen LogP contribution in [0, 0.1) is 0 Å². The van der Waals surface area contributed by atoms with Crippen molar-refractivity contribution >= 4 is 5.78 Å². The SMILES string of the molecule is CCOc1ncccc1C(=O)C(F)(F)F. The van der Waals surface area contributed by atoms with Gasteiger partial charge in [-0.1, -0.05) is 0 Å². The third-order valence-corrected chi connectivity index (χ3v) is 1.55. The van der Waals surface area contributed by atoms with Crippen LogP contribution in [0.15, 0.2) is 18.3 Å². The number of carbonyl (C=O) groups is 1. The second-order valence-corrected chi connectivity index (χ2v) is 2.62. The van der Waals surface area contributed by atoms with Gasteiger partial charge in [0, 0.05) is 6.20 Å². The Bertz CT molecular complexity index is 363. The summed E-state index contributed by atoms with van der Waals surface area (Å²) in [6.45, 7) is 1.74. The number of ketones is 1. The minimum atomic E-state index is -4.91. The van der Waals surface area contributed by atoms with E-state index < -0.39 is 17.5 Å². The molecule has 0 aliphatic heterocycles. The molecule has 0 bridgehead atoms. The molecule has 0 aliphatic rings. The predicted octanol–water partition coefficient (Wildman–Crippen LogP) is 2.23. The molecule has 15 heavy (non-hydrogen) atoms. The number of hydrogen-bond acceptors (Lipinski definition) is 3. The number of ether oxygens (including phenoxy) is 1. The first-order valence-electron chi connectivity index (χ1n) is 4.16. The van der Waals surface area contributed by atoms with Crippen LogP contribution in [0.5, 0.6) is 5.88 Å². The second-order valence-electron chi connectivity index (χ2n) is 2.62. The second kappa shape index (κ2) is 4.29. The lowest BCUT2D eigenvalue weighted by atomic mass is 10.2.